The Morgan fingerprint density at radius 3 is 2.62 bits per heavy atom. The second-order valence-corrected chi connectivity index (χ2v) is 8.07. The van der Waals surface area contributed by atoms with Crippen LogP contribution in [0.4, 0.5) is 10.1 Å². The summed E-state index contributed by atoms with van der Waals surface area (Å²) in [6.07, 6.45) is 1.42. The molecule has 0 bridgehead atoms. The molecule has 1 heterocycles. The highest BCUT2D eigenvalue weighted by Crippen LogP contribution is 2.23. The van der Waals surface area contributed by atoms with Crippen LogP contribution in [0.2, 0.25) is 0 Å². The van der Waals surface area contributed by atoms with Crippen molar-refractivity contribution in [3.63, 3.8) is 0 Å². The molecule has 0 saturated heterocycles. The van der Waals surface area contributed by atoms with Gasteiger partial charge >= 0.3 is 0 Å². The zero-order valence-electron chi connectivity index (χ0n) is 14.1. The first kappa shape index (κ1) is 18.0. The van der Waals surface area contributed by atoms with Gasteiger partial charge in [0.15, 0.2) is 9.84 Å². The first-order chi connectivity index (χ1) is 12.3. The van der Waals surface area contributed by atoms with E-state index in [1.54, 1.807) is 12.3 Å². The molecule has 0 fully saturated rings. The summed E-state index contributed by atoms with van der Waals surface area (Å²) in [7, 11) is -3.66. The van der Waals surface area contributed by atoms with Gasteiger partial charge in [-0.05, 0) is 55.0 Å². The molecule has 134 valence electrons. The molecule has 1 N–H and O–H groups in total. The Labute approximate surface area is 150 Å². The van der Waals surface area contributed by atoms with Crippen molar-refractivity contribution < 1.29 is 17.6 Å². The van der Waals surface area contributed by atoms with Crippen molar-refractivity contribution in [2.45, 2.75) is 18.2 Å². The second kappa shape index (κ2) is 7.21. The molecule has 26 heavy (non-hydrogen) atoms. The number of carbonyl (C=O) groups excluding carboxylic acids is 1. The van der Waals surface area contributed by atoms with E-state index in [1.807, 2.05) is 25.1 Å². The summed E-state index contributed by atoms with van der Waals surface area (Å²) in [5.74, 6) is -1.30. The van der Waals surface area contributed by atoms with Crippen molar-refractivity contribution in [1.82, 2.24) is 4.98 Å². The maximum Gasteiger partial charge on any atom is 0.225 e. The molecule has 5 nitrogen and oxygen atoms in total. The number of fused-ring (bicyclic) bond motifs is 1. The molecule has 1 aromatic heterocycles. The molecule has 0 radical (unpaired) electrons. The third-order valence-corrected chi connectivity index (χ3v) is 5.63. The van der Waals surface area contributed by atoms with Crippen LogP contribution in [0.1, 0.15) is 12.0 Å². The highest BCUT2D eigenvalue weighted by Gasteiger charge is 2.17. The minimum Gasteiger partial charge on any atom is -0.324 e. The molecule has 0 aliphatic heterocycles. The molecule has 3 rings (SSSR count). The van der Waals surface area contributed by atoms with E-state index < -0.39 is 21.6 Å². The van der Waals surface area contributed by atoms with Crippen molar-refractivity contribution in [2.24, 2.45) is 0 Å². The van der Waals surface area contributed by atoms with Gasteiger partial charge in [0, 0.05) is 18.0 Å². The number of halogens is 1. The number of aryl methyl sites for hydroxylation is 1. The Hall–Kier alpha value is -2.80. The number of sulfone groups is 1. The summed E-state index contributed by atoms with van der Waals surface area (Å²) in [5.41, 5.74) is 2.15. The number of aromatic nitrogens is 1. The molecule has 1 amide bonds. The number of amides is 1. The van der Waals surface area contributed by atoms with Crippen molar-refractivity contribution >= 4 is 32.3 Å². The standard InChI is InChI=1S/C19H17FN2O3S/c1-13-11-14-3-2-9-21-19(14)17(12-13)22-18(23)8-10-26(24,25)16-6-4-15(20)5-7-16/h2-7,9,11-12H,8,10H2,1H3,(H,22,23). The fourth-order valence-electron chi connectivity index (χ4n) is 2.64. The molecule has 2 aromatic carbocycles. The van der Waals surface area contributed by atoms with Crippen LogP contribution >= 0.6 is 0 Å². The number of hydrogen-bond acceptors (Lipinski definition) is 4. The summed E-state index contributed by atoms with van der Waals surface area (Å²) in [5, 5.41) is 3.62. The summed E-state index contributed by atoms with van der Waals surface area (Å²) in [4.78, 5) is 16.5. The lowest BCUT2D eigenvalue weighted by Gasteiger charge is -2.10. The number of nitrogens with zero attached hydrogens (tertiary/aromatic N) is 1. The zero-order valence-corrected chi connectivity index (χ0v) is 14.9. The van der Waals surface area contributed by atoms with Crippen molar-refractivity contribution in [3.8, 4) is 0 Å². The number of anilines is 1. The van der Waals surface area contributed by atoms with Gasteiger partial charge < -0.3 is 5.32 Å². The third kappa shape index (κ3) is 4.05. The molecular weight excluding hydrogens is 355 g/mol. The number of benzene rings is 2. The van der Waals surface area contributed by atoms with Crippen LogP contribution in [0.25, 0.3) is 10.9 Å². The van der Waals surface area contributed by atoms with E-state index in [1.165, 1.54) is 12.1 Å². The van der Waals surface area contributed by atoms with Gasteiger partial charge in [-0.25, -0.2) is 12.8 Å². The van der Waals surface area contributed by atoms with Crippen LogP contribution < -0.4 is 5.32 Å². The zero-order chi connectivity index (χ0) is 18.7. The van der Waals surface area contributed by atoms with E-state index in [9.17, 15) is 17.6 Å². The summed E-state index contributed by atoms with van der Waals surface area (Å²) < 4.78 is 37.4. The third-order valence-electron chi connectivity index (χ3n) is 3.89. The molecule has 0 atom stereocenters. The fourth-order valence-corrected chi connectivity index (χ4v) is 3.88. The molecule has 0 aliphatic carbocycles. The smallest absolute Gasteiger partial charge is 0.225 e. The van der Waals surface area contributed by atoms with E-state index in [0.29, 0.717) is 11.2 Å². The van der Waals surface area contributed by atoms with Crippen LogP contribution in [-0.2, 0) is 14.6 Å². The Morgan fingerprint density at radius 2 is 1.88 bits per heavy atom. The van der Waals surface area contributed by atoms with Gasteiger partial charge in [-0.15, -0.1) is 0 Å². The van der Waals surface area contributed by atoms with Gasteiger partial charge in [0.05, 0.1) is 21.9 Å². The summed E-state index contributed by atoms with van der Waals surface area (Å²) in [6.45, 7) is 1.90. The highest BCUT2D eigenvalue weighted by atomic mass is 32.2. The SMILES string of the molecule is Cc1cc(NC(=O)CCS(=O)(=O)c2ccc(F)cc2)c2ncccc2c1. The molecule has 0 saturated carbocycles. The van der Waals surface area contributed by atoms with E-state index in [0.717, 1.165) is 23.1 Å². The van der Waals surface area contributed by atoms with Gasteiger partial charge in [-0.3, -0.25) is 9.78 Å². The lowest BCUT2D eigenvalue weighted by atomic mass is 10.1. The predicted octanol–water partition coefficient (Wildman–Crippen LogP) is 3.48. The normalized spacial score (nSPS) is 11.5. The molecule has 0 unspecified atom stereocenters. The van der Waals surface area contributed by atoms with Gasteiger partial charge in [0.25, 0.3) is 0 Å². The van der Waals surface area contributed by atoms with Gasteiger partial charge in [-0.2, -0.15) is 0 Å². The number of pyridine rings is 1. The topological polar surface area (TPSA) is 76.1 Å². The van der Waals surface area contributed by atoms with Gasteiger partial charge in [0.2, 0.25) is 5.91 Å². The lowest BCUT2D eigenvalue weighted by Crippen LogP contribution is -2.17. The first-order valence-corrected chi connectivity index (χ1v) is 9.64. The van der Waals surface area contributed by atoms with Crippen molar-refractivity contribution in [2.75, 3.05) is 11.1 Å². The van der Waals surface area contributed by atoms with Crippen molar-refractivity contribution in [3.05, 3.63) is 66.1 Å². The Kier molecular flexibility index (Phi) is 4.99. The maximum atomic E-state index is 12.9. The largest absolute Gasteiger partial charge is 0.324 e. The predicted molar refractivity (Wildman–Crippen MR) is 98.2 cm³/mol. The number of rotatable bonds is 5. The Bertz CT molecular complexity index is 1060. The van der Waals surface area contributed by atoms with E-state index in [2.05, 4.69) is 10.3 Å². The van der Waals surface area contributed by atoms with Gasteiger partial charge in [0.1, 0.15) is 5.82 Å². The molecule has 0 spiro atoms. The summed E-state index contributed by atoms with van der Waals surface area (Å²) >= 11 is 0. The average molecular weight is 372 g/mol. The number of carbonyl (C=O) groups is 1. The quantitative estimate of drug-likeness (QED) is 0.696. The fraction of sp³-hybridized carbons (Fsp3) is 0.158. The Balaban J connectivity index is 1.73. The monoisotopic (exact) mass is 372 g/mol. The molecular formula is C19H17FN2O3S. The maximum absolute atomic E-state index is 12.9. The lowest BCUT2D eigenvalue weighted by molar-refractivity contribution is -0.115. The van der Waals surface area contributed by atoms with E-state index in [-0.39, 0.29) is 17.1 Å². The minimum absolute atomic E-state index is 0.00521. The first-order valence-electron chi connectivity index (χ1n) is 7.99. The van der Waals surface area contributed by atoms with Gasteiger partial charge in [-0.1, -0.05) is 6.07 Å². The van der Waals surface area contributed by atoms with Crippen LogP contribution in [0.3, 0.4) is 0 Å². The van der Waals surface area contributed by atoms with E-state index in [4.69, 9.17) is 0 Å². The number of hydrogen-bond donors (Lipinski definition) is 1. The molecule has 0 aliphatic rings. The second-order valence-electron chi connectivity index (χ2n) is 5.96. The van der Waals surface area contributed by atoms with Crippen molar-refractivity contribution in [1.29, 1.82) is 0 Å². The minimum atomic E-state index is -3.66. The Morgan fingerprint density at radius 1 is 1.15 bits per heavy atom. The van der Waals surface area contributed by atoms with E-state index >= 15 is 0 Å². The van der Waals surface area contributed by atoms with Crippen LogP contribution in [0.5, 0.6) is 0 Å². The van der Waals surface area contributed by atoms with Crippen LogP contribution in [0.15, 0.2) is 59.6 Å². The van der Waals surface area contributed by atoms with Crippen LogP contribution in [-0.4, -0.2) is 25.1 Å². The highest BCUT2D eigenvalue weighted by molar-refractivity contribution is 7.91. The average Bonchev–Trinajstić information content (AvgIpc) is 2.60. The summed E-state index contributed by atoms with van der Waals surface area (Å²) in [6, 6.07) is 12.0. The number of nitrogens with one attached hydrogen (secondary N) is 1. The molecule has 3 aromatic rings. The van der Waals surface area contributed by atoms with Crippen LogP contribution in [0, 0.1) is 12.7 Å². The molecule has 7 heteroatoms.